The van der Waals surface area contributed by atoms with Gasteiger partial charge < -0.3 is 10.0 Å². The molecule has 0 atom stereocenters. The van der Waals surface area contributed by atoms with Gasteiger partial charge in [0.05, 0.1) is 0 Å². The standard InChI is InChI=1S/C19H28N2O2/c22-19(23)14-16-6-12-21(13-7-16)18-8-10-20(11-9-18)15-17-4-2-1-3-5-17/h1-5,16,18H,6-15H2,(H,22,23). The zero-order valence-electron chi connectivity index (χ0n) is 13.9. The first-order valence-electron chi connectivity index (χ1n) is 8.93. The molecule has 4 heteroatoms. The topological polar surface area (TPSA) is 43.8 Å². The Kier molecular flexibility index (Phi) is 5.68. The molecule has 0 spiro atoms. The summed E-state index contributed by atoms with van der Waals surface area (Å²) in [6.07, 6.45) is 4.95. The number of carboxylic acids is 1. The van der Waals surface area contributed by atoms with Crippen molar-refractivity contribution in [3.63, 3.8) is 0 Å². The van der Waals surface area contributed by atoms with Gasteiger partial charge in [0.2, 0.25) is 0 Å². The molecule has 2 saturated heterocycles. The van der Waals surface area contributed by atoms with Crippen molar-refractivity contribution in [2.24, 2.45) is 5.92 Å². The number of likely N-dealkylation sites (tertiary alicyclic amines) is 2. The zero-order valence-corrected chi connectivity index (χ0v) is 13.9. The minimum absolute atomic E-state index is 0.351. The number of piperidine rings is 2. The molecule has 0 aromatic heterocycles. The second-order valence-electron chi connectivity index (χ2n) is 7.07. The van der Waals surface area contributed by atoms with E-state index in [0.29, 0.717) is 18.4 Å². The third kappa shape index (κ3) is 4.79. The van der Waals surface area contributed by atoms with E-state index >= 15 is 0 Å². The third-order valence-corrected chi connectivity index (χ3v) is 5.43. The second kappa shape index (κ2) is 7.93. The summed E-state index contributed by atoms with van der Waals surface area (Å²) in [6.45, 7) is 5.58. The molecule has 2 aliphatic heterocycles. The van der Waals surface area contributed by atoms with Gasteiger partial charge in [-0.2, -0.15) is 0 Å². The molecule has 23 heavy (non-hydrogen) atoms. The Morgan fingerprint density at radius 3 is 2.26 bits per heavy atom. The molecule has 1 aromatic carbocycles. The van der Waals surface area contributed by atoms with Gasteiger partial charge in [0.15, 0.2) is 0 Å². The maximum absolute atomic E-state index is 10.8. The lowest BCUT2D eigenvalue weighted by Crippen LogP contribution is -2.47. The van der Waals surface area contributed by atoms with E-state index in [1.165, 1.54) is 31.5 Å². The van der Waals surface area contributed by atoms with E-state index in [1.54, 1.807) is 0 Å². The van der Waals surface area contributed by atoms with Gasteiger partial charge in [0.25, 0.3) is 0 Å². The van der Waals surface area contributed by atoms with Crippen molar-refractivity contribution in [2.45, 2.75) is 44.7 Å². The van der Waals surface area contributed by atoms with Crippen molar-refractivity contribution < 1.29 is 9.90 Å². The lowest BCUT2D eigenvalue weighted by Gasteiger charge is -2.41. The first-order chi connectivity index (χ1) is 11.2. The summed E-state index contributed by atoms with van der Waals surface area (Å²) >= 11 is 0. The van der Waals surface area contributed by atoms with Crippen LogP contribution in [0.5, 0.6) is 0 Å². The van der Waals surface area contributed by atoms with Crippen LogP contribution in [0.1, 0.15) is 37.7 Å². The summed E-state index contributed by atoms with van der Waals surface area (Å²) in [4.78, 5) is 16.0. The molecule has 1 N–H and O–H groups in total. The van der Waals surface area contributed by atoms with E-state index in [2.05, 4.69) is 40.1 Å². The highest BCUT2D eigenvalue weighted by Gasteiger charge is 2.28. The predicted octanol–water partition coefficient (Wildman–Crippen LogP) is 2.84. The quantitative estimate of drug-likeness (QED) is 0.907. The fourth-order valence-electron chi connectivity index (χ4n) is 4.05. The fraction of sp³-hybridized carbons (Fsp3) is 0.632. The smallest absolute Gasteiger partial charge is 0.303 e. The van der Waals surface area contributed by atoms with Crippen LogP contribution in [0.25, 0.3) is 0 Å². The Labute approximate surface area is 139 Å². The van der Waals surface area contributed by atoms with Crippen LogP contribution in [0.2, 0.25) is 0 Å². The highest BCUT2D eigenvalue weighted by Crippen LogP contribution is 2.26. The van der Waals surface area contributed by atoms with E-state index in [-0.39, 0.29) is 0 Å². The van der Waals surface area contributed by atoms with E-state index in [1.807, 2.05) is 0 Å². The molecule has 0 aliphatic carbocycles. The van der Waals surface area contributed by atoms with Crippen molar-refractivity contribution in [3.05, 3.63) is 35.9 Å². The third-order valence-electron chi connectivity index (χ3n) is 5.43. The molecule has 0 bridgehead atoms. The van der Waals surface area contributed by atoms with E-state index < -0.39 is 5.97 Å². The number of nitrogens with zero attached hydrogens (tertiary/aromatic N) is 2. The van der Waals surface area contributed by atoms with Gasteiger partial charge in [-0.05, 0) is 63.3 Å². The number of hydrogen-bond donors (Lipinski definition) is 1. The maximum Gasteiger partial charge on any atom is 0.303 e. The van der Waals surface area contributed by atoms with Gasteiger partial charge in [-0.25, -0.2) is 0 Å². The minimum Gasteiger partial charge on any atom is -0.481 e. The van der Waals surface area contributed by atoms with Crippen molar-refractivity contribution in [3.8, 4) is 0 Å². The highest BCUT2D eigenvalue weighted by atomic mass is 16.4. The molecule has 0 amide bonds. The van der Waals surface area contributed by atoms with Crippen LogP contribution in [0.3, 0.4) is 0 Å². The average molecular weight is 316 g/mol. The lowest BCUT2D eigenvalue weighted by atomic mass is 9.91. The Bertz CT molecular complexity index is 489. The van der Waals surface area contributed by atoms with Crippen LogP contribution in [0, 0.1) is 5.92 Å². The maximum atomic E-state index is 10.8. The molecule has 2 heterocycles. The Morgan fingerprint density at radius 2 is 1.65 bits per heavy atom. The molecular formula is C19H28N2O2. The van der Waals surface area contributed by atoms with Crippen molar-refractivity contribution >= 4 is 5.97 Å². The molecule has 126 valence electrons. The van der Waals surface area contributed by atoms with Gasteiger partial charge in [-0.3, -0.25) is 9.69 Å². The summed E-state index contributed by atoms with van der Waals surface area (Å²) < 4.78 is 0. The summed E-state index contributed by atoms with van der Waals surface area (Å²) in [5, 5.41) is 8.91. The SMILES string of the molecule is O=C(O)CC1CCN(C2CCN(Cc3ccccc3)CC2)CC1. The van der Waals surface area contributed by atoms with Crippen LogP contribution < -0.4 is 0 Å². The first-order valence-corrected chi connectivity index (χ1v) is 8.93. The van der Waals surface area contributed by atoms with Crippen LogP contribution in [-0.2, 0) is 11.3 Å². The zero-order chi connectivity index (χ0) is 16.1. The number of carbonyl (C=O) groups is 1. The van der Waals surface area contributed by atoms with E-state index in [4.69, 9.17) is 5.11 Å². The van der Waals surface area contributed by atoms with E-state index in [0.717, 1.165) is 32.5 Å². The Hall–Kier alpha value is -1.39. The molecule has 4 nitrogen and oxygen atoms in total. The largest absolute Gasteiger partial charge is 0.481 e. The molecule has 0 radical (unpaired) electrons. The molecule has 1 aromatic rings. The van der Waals surface area contributed by atoms with Gasteiger partial charge >= 0.3 is 5.97 Å². The number of hydrogen-bond acceptors (Lipinski definition) is 3. The number of carboxylic acid groups (broad SMARTS) is 1. The minimum atomic E-state index is -0.641. The monoisotopic (exact) mass is 316 g/mol. The first kappa shape index (κ1) is 16.5. The molecule has 2 fully saturated rings. The lowest BCUT2D eigenvalue weighted by molar-refractivity contribution is -0.138. The molecule has 2 aliphatic rings. The summed E-state index contributed by atoms with van der Waals surface area (Å²) in [6, 6.07) is 11.4. The van der Waals surface area contributed by atoms with Crippen LogP contribution in [-0.4, -0.2) is 53.1 Å². The normalized spacial score (nSPS) is 22.3. The number of rotatable bonds is 5. The van der Waals surface area contributed by atoms with E-state index in [9.17, 15) is 4.79 Å². The van der Waals surface area contributed by atoms with Crippen LogP contribution in [0.4, 0.5) is 0 Å². The van der Waals surface area contributed by atoms with Gasteiger partial charge in [-0.15, -0.1) is 0 Å². The van der Waals surface area contributed by atoms with Crippen molar-refractivity contribution in [2.75, 3.05) is 26.2 Å². The summed E-state index contributed by atoms with van der Waals surface area (Å²) in [5.74, 6) is -0.250. The fourth-order valence-corrected chi connectivity index (χ4v) is 4.05. The van der Waals surface area contributed by atoms with Crippen LogP contribution in [0.15, 0.2) is 30.3 Å². The Balaban J connectivity index is 1.40. The second-order valence-corrected chi connectivity index (χ2v) is 7.07. The number of aliphatic carboxylic acids is 1. The highest BCUT2D eigenvalue weighted by molar-refractivity contribution is 5.67. The molecule has 3 rings (SSSR count). The Morgan fingerprint density at radius 1 is 1.00 bits per heavy atom. The van der Waals surface area contributed by atoms with Crippen LogP contribution >= 0.6 is 0 Å². The molecular weight excluding hydrogens is 288 g/mol. The van der Waals surface area contributed by atoms with Gasteiger partial charge in [0.1, 0.15) is 0 Å². The predicted molar refractivity (Wildman–Crippen MR) is 91.3 cm³/mol. The van der Waals surface area contributed by atoms with Crippen molar-refractivity contribution in [1.29, 1.82) is 0 Å². The van der Waals surface area contributed by atoms with Crippen molar-refractivity contribution in [1.82, 2.24) is 9.80 Å². The molecule has 0 saturated carbocycles. The number of benzene rings is 1. The summed E-state index contributed by atoms with van der Waals surface area (Å²) in [5.41, 5.74) is 1.40. The molecule has 0 unspecified atom stereocenters. The summed E-state index contributed by atoms with van der Waals surface area (Å²) in [7, 11) is 0. The van der Waals surface area contributed by atoms with Gasteiger partial charge in [0, 0.05) is 19.0 Å². The van der Waals surface area contributed by atoms with Gasteiger partial charge in [-0.1, -0.05) is 30.3 Å². The average Bonchev–Trinajstić information content (AvgIpc) is 2.57.